The summed E-state index contributed by atoms with van der Waals surface area (Å²) in [5, 5.41) is 11.6. The first-order valence-electron chi connectivity index (χ1n) is 11.2. The number of carbonyl (C=O) groups excluding carboxylic acids is 2. The van der Waals surface area contributed by atoms with Gasteiger partial charge in [-0.25, -0.2) is 4.98 Å². The van der Waals surface area contributed by atoms with Crippen LogP contribution in [-0.4, -0.2) is 71.0 Å². The lowest BCUT2D eigenvalue weighted by Gasteiger charge is -2.30. The average molecular weight is 480 g/mol. The minimum atomic E-state index is -0.794. The van der Waals surface area contributed by atoms with Crippen LogP contribution in [0.4, 0.5) is 0 Å². The zero-order valence-corrected chi connectivity index (χ0v) is 19.6. The van der Waals surface area contributed by atoms with Gasteiger partial charge in [0.05, 0.1) is 35.6 Å². The lowest BCUT2D eigenvalue weighted by atomic mass is 9.99. The van der Waals surface area contributed by atoms with Crippen molar-refractivity contribution in [3.05, 3.63) is 76.4 Å². The molecule has 1 atom stereocenters. The maximum Gasteiger partial charge on any atom is 0.290 e. The van der Waals surface area contributed by atoms with Crippen molar-refractivity contribution >= 4 is 23.0 Å². The van der Waals surface area contributed by atoms with E-state index in [0.717, 1.165) is 18.7 Å². The molecule has 2 aliphatic rings. The van der Waals surface area contributed by atoms with Gasteiger partial charge in [-0.15, -0.1) is 11.3 Å². The number of hydrogen-bond acceptors (Lipinski definition) is 8. The molecule has 2 aromatic heterocycles. The number of Topliss-reactive ketones (excluding diaryl/α,β-unsaturated/α-hetero) is 1. The number of hydrogen-bond donors (Lipinski definition) is 1. The lowest BCUT2D eigenvalue weighted by molar-refractivity contribution is -0.130. The van der Waals surface area contributed by atoms with Crippen molar-refractivity contribution in [3.8, 4) is 10.6 Å². The van der Waals surface area contributed by atoms with Crippen molar-refractivity contribution in [2.45, 2.75) is 13.0 Å². The number of aryl methyl sites for hydroxylation is 1. The predicted octanol–water partition coefficient (Wildman–Crippen LogP) is 3.62. The maximum absolute atomic E-state index is 13.7. The van der Waals surface area contributed by atoms with Gasteiger partial charge in [-0.1, -0.05) is 30.3 Å². The molecule has 34 heavy (non-hydrogen) atoms. The zero-order valence-electron chi connectivity index (χ0n) is 18.8. The van der Waals surface area contributed by atoms with Crippen LogP contribution < -0.4 is 0 Å². The highest BCUT2D eigenvalue weighted by molar-refractivity contribution is 7.17. The van der Waals surface area contributed by atoms with Crippen LogP contribution in [0.25, 0.3) is 10.6 Å². The number of amides is 1. The van der Waals surface area contributed by atoms with E-state index in [-0.39, 0.29) is 5.57 Å². The molecule has 3 aromatic rings. The molecule has 1 N–H and O–H groups in total. The number of aliphatic hydroxyl groups excluding tert-OH is 1. The fourth-order valence-electron chi connectivity index (χ4n) is 4.37. The normalized spacial score (nSPS) is 19.3. The summed E-state index contributed by atoms with van der Waals surface area (Å²) < 4.78 is 11.0. The molecular weight excluding hydrogens is 454 g/mol. The maximum atomic E-state index is 13.7. The second kappa shape index (κ2) is 9.54. The number of morpholine rings is 1. The van der Waals surface area contributed by atoms with Crippen LogP contribution in [0.15, 0.2) is 64.5 Å². The fourth-order valence-corrected chi connectivity index (χ4v) is 5.39. The van der Waals surface area contributed by atoms with Crippen molar-refractivity contribution in [1.82, 2.24) is 14.8 Å². The van der Waals surface area contributed by atoms with Gasteiger partial charge < -0.3 is 19.2 Å². The molecule has 1 saturated heterocycles. The van der Waals surface area contributed by atoms with E-state index in [9.17, 15) is 14.7 Å². The van der Waals surface area contributed by atoms with E-state index in [0.29, 0.717) is 47.6 Å². The summed E-state index contributed by atoms with van der Waals surface area (Å²) in [7, 11) is 0. The van der Waals surface area contributed by atoms with E-state index in [1.165, 1.54) is 22.5 Å². The molecule has 1 unspecified atom stereocenters. The molecule has 0 aliphatic carbocycles. The van der Waals surface area contributed by atoms with Crippen LogP contribution >= 0.6 is 11.3 Å². The SMILES string of the molecule is Cc1nc(-c2ccccc2)sc1C(=O)C1=C(O)C(=O)N(CCN2CCOCC2)C1c1ccco1. The number of benzene rings is 1. The highest BCUT2D eigenvalue weighted by Gasteiger charge is 2.45. The third kappa shape index (κ3) is 4.18. The van der Waals surface area contributed by atoms with Gasteiger partial charge in [0.25, 0.3) is 5.91 Å². The van der Waals surface area contributed by atoms with Crippen molar-refractivity contribution < 1.29 is 23.8 Å². The first-order chi connectivity index (χ1) is 16.5. The highest BCUT2D eigenvalue weighted by atomic mass is 32.1. The second-order valence-corrected chi connectivity index (χ2v) is 9.26. The van der Waals surface area contributed by atoms with E-state index in [1.54, 1.807) is 19.1 Å². The molecule has 8 nitrogen and oxygen atoms in total. The van der Waals surface area contributed by atoms with Crippen LogP contribution in [0, 0.1) is 6.92 Å². The lowest BCUT2D eigenvalue weighted by Crippen LogP contribution is -2.43. The van der Waals surface area contributed by atoms with Gasteiger partial charge in [-0.05, 0) is 19.1 Å². The summed E-state index contributed by atoms with van der Waals surface area (Å²) in [4.78, 5) is 35.5. The molecule has 0 saturated carbocycles. The van der Waals surface area contributed by atoms with Gasteiger partial charge in [0.15, 0.2) is 5.76 Å². The standard InChI is InChI=1S/C25H25N3O5S/c1-16-23(34-24(26-16)17-6-3-2-4-7-17)21(29)19-20(18-8-5-13-33-18)28(25(31)22(19)30)10-9-27-11-14-32-15-12-27/h2-8,13,20,30H,9-12,14-15H2,1H3. The molecule has 1 aromatic carbocycles. The van der Waals surface area contributed by atoms with Crippen molar-refractivity contribution in [2.24, 2.45) is 0 Å². The fraction of sp³-hybridized carbons (Fsp3) is 0.320. The molecule has 5 rings (SSSR count). The first-order valence-corrected chi connectivity index (χ1v) is 12.0. The van der Waals surface area contributed by atoms with Gasteiger partial charge in [0.2, 0.25) is 5.78 Å². The van der Waals surface area contributed by atoms with E-state index in [2.05, 4.69) is 9.88 Å². The van der Waals surface area contributed by atoms with Crippen LogP contribution in [0.2, 0.25) is 0 Å². The number of ketones is 1. The number of ether oxygens (including phenoxy) is 1. The molecule has 1 fully saturated rings. The molecule has 176 valence electrons. The average Bonchev–Trinajstić information content (AvgIpc) is 3.58. The number of carbonyl (C=O) groups is 2. The minimum absolute atomic E-state index is 0.0355. The van der Waals surface area contributed by atoms with Crippen LogP contribution in [-0.2, 0) is 9.53 Å². The summed E-state index contributed by atoms with van der Waals surface area (Å²) in [6.07, 6.45) is 1.50. The molecular formula is C25H25N3O5S. The number of aliphatic hydroxyl groups is 1. The number of thiazole rings is 1. The van der Waals surface area contributed by atoms with E-state index < -0.39 is 23.5 Å². The Hall–Kier alpha value is -3.27. The number of furan rings is 1. The summed E-state index contributed by atoms with van der Waals surface area (Å²) in [6.45, 7) is 5.58. The summed E-state index contributed by atoms with van der Waals surface area (Å²) in [5.41, 5.74) is 1.50. The Labute approximate surface area is 201 Å². The van der Waals surface area contributed by atoms with E-state index in [4.69, 9.17) is 9.15 Å². The van der Waals surface area contributed by atoms with Crippen molar-refractivity contribution in [2.75, 3.05) is 39.4 Å². The molecule has 0 spiro atoms. The Morgan fingerprint density at radius 3 is 2.62 bits per heavy atom. The molecule has 2 aliphatic heterocycles. The summed E-state index contributed by atoms with van der Waals surface area (Å²) in [6, 6.07) is 12.3. The second-order valence-electron chi connectivity index (χ2n) is 8.26. The van der Waals surface area contributed by atoms with Gasteiger partial charge in [-0.2, -0.15) is 0 Å². The zero-order chi connectivity index (χ0) is 23.7. The van der Waals surface area contributed by atoms with Gasteiger partial charge in [-0.3, -0.25) is 14.5 Å². The Kier molecular flexibility index (Phi) is 6.32. The predicted molar refractivity (Wildman–Crippen MR) is 127 cm³/mol. The molecule has 9 heteroatoms. The summed E-state index contributed by atoms with van der Waals surface area (Å²) >= 11 is 1.26. The Bertz CT molecular complexity index is 1210. The molecule has 1 amide bonds. The third-order valence-electron chi connectivity index (χ3n) is 6.15. The molecule has 0 bridgehead atoms. The number of rotatable bonds is 7. The van der Waals surface area contributed by atoms with Crippen molar-refractivity contribution in [3.63, 3.8) is 0 Å². The largest absolute Gasteiger partial charge is 0.503 e. The smallest absolute Gasteiger partial charge is 0.290 e. The van der Waals surface area contributed by atoms with Crippen LogP contribution in [0.3, 0.4) is 0 Å². The summed E-state index contributed by atoms with van der Waals surface area (Å²) in [5.74, 6) is -1.06. The Morgan fingerprint density at radius 1 is 1.15 bits per heavy atom. The number of nitrogens with zero attached hydrogens (tertiary/aromatic N) is 3. The minimum Gasteiger partial charge on any atom is -0.503 e. The molecule has 4 heterocycles. The number of aromatic nitrogens is 1. The highest BCUT2D eigenvalue weighted by Crippen LogP contribution is 2.41. The van der Waals surface area contributed by atoms with Gasteiger partial charge >= 0.3 is 0 Å². The van der Waals surface area contributed by atoms with Crippen LogP contribution in [0.5, 0.6) is 0 Å². The quantitative estimate of drug-likeness (QED) is 0.517. The topological polar surface area (TPSA) is 96.1 Å². The van der Waals surface area contributed by atoms with Gasteiger partial charge in [0, 0.05) is 31.7 Å². The van der Waals surface area contributed by atoms with Gasteiger partial charge in [0.1, 0.15) is 16.8 Å². The van der Waals surface area contributed by atoms with Crippen LogP contribution in [0.1, 0.15) is 27.2 Å². The Morgan fingerprint density at radius 2 is 1.91 bits per heavy atom. The molecule has 0 radical (unpaired) electrons. The third-order valence-corrected chi connectivity index (χ3v) is 7.35. The van der Waals surface area contributed by atoms with Crippen molar-refractivity contribution in [1.29, 1.82) is 0 Å². The monoisotopic (exact) mass is 479 g/mol. The Balaban J connectivity index is 1.46. The van der Waals surface area contributed by atoms with E-state index >= 15 is 0 Å². The van der Waals surface area contributed by atoms with E-state index in [1.807, 2.05) is 30.3 Å². The first kappa shape index (κ1) is 22.5.